The minimum absolute atomic E-state index is 0.117. The molecule has 0 saturated carbocycles. The topological polar surface area (TPSA) is 105 Å². The molecule has 0 fully saturated rings. The van der Waals surface area contributed by atoms with Crippen LogP contribution in [0.5, 0.6) is 0 Å². The van der Waals surface area contributed by atoms with E-state index in [2.05, 4.69) is 12.1 Å². The van der Waals surface area contributed by atoms with Crippen molar-refractivity contribution in [3.05, 3.63) is 77.4 Å². The average Bonchev–Trinajstić information content (AvgIpc) is 3.20. The first-order chi connectivity index (χ1) is 15.1. The van der Waals surface area contributed by atoms with Gasteiger partial charge in [0.25, 0.3) is 0 Å². The predicted octanol–water partition coefficient (Wildman–Crippen LogP) is 3.13. The number of hydrogen-bond donors (Lipinski definition) is 2. The maximum atomic E-state index is 12.9. The van der Waals surface area contributed by atoms with Gasteiger partial charge in [-0.3, -0.25) is 4.79 Å². The highest BCUT2D eigenvalue weighted by Crippen LogP contribution is 2.31. The maximum absolute atomic E-state index is 12.9. The third-order valence-corrected chi connectivity index (χ3v) is 5.35. The van der Waals surface area contributed by atoms with Crippen LogP contribution in [0.1, 0.15) is 42.4 Å². The molecule has 0 heterocycles. The molecule has 3 rings (SSSR count). The molecule has 0 unspecified atom stereocenters. The van der Waals surface area contributed by atoms with Crippen LogP contribution in [-0.4, -0.2) is 30.6 Å². The Hall–Kier alpha value is -2.96. The van der Waals surface area contributed by atoms with E-state index in [1.54, 1.807) is 0 Å². The number of carbonyl (C=O) groups is 2. The molecule has 0 aromatic heterocycles. The van der Waals surface area contributed by atoms with Gasteiger partial charge in [0.1, 0.15) is 12.6 Å². The number of rotatable bonds is 11. The first kappa shape index (κ1) is 22.7. The Balaban J connectivity index is 1.67. The van der Waals surface area contributed by atoms with Crippen molar-refractivity contribution in [2.75, 3.05) is 6.54 Å². The van der Waals surface area contributed by atoms with E-state index in [9.17, 15) is 9.59 Å². The largest absolute Gasteiger partial charge is 0.458 e. The Morgan fingerprint density at radius 1 is 0.968 bits per heavy atom. The van der Waals surface area contributed by atoms with Gasteiger partial charge in [0.2, 0.25) is 6.10 Å². The van der Waals surface area contributed by atoms with Crippen molar-refractivity contribution >= 4 is 17.5 Å². The van der Waals surface area contributed by atoms with Crippen LogP contribution in [0.2, 0.25) is 0 Å². The number of carbonyl (C=O) groups excluding carboxylic acids is 2. The fraction of sp³-hybridized carbons (Fsp3) is 0.360. The number of nitrogens with two attached hydrogens (primary N) is 2. The third kappa shape index (κ3) is 6.51. The Morgan fingerprint density at radius 2 is 1.71 bits per heavy atom. The van der Waals surface area contributed by atoms with E-state index in [4.69, 9.17) is 20.9 Å². The number of allylic oxidation sites excluding steroid dienone is 1. The summed E-state index contributed by atoms with van der Waals surface area (Å²) in [4.78, 5) is 25.4. The molecule has 4 N–H and O–H groups in total. The van der Waals surface area contributed by atoms with Gasteiger partial charge in [-0.15, -0.1) is 0 Å². The second kappa shape index (κ2) is 11.4. The van der Waals surface area contributed by atoms with E-state index in [1.165, 1.54) is 5.56 Å². The molecule has 0 bridgehead atoms. The van der Waals surface area contributed by atoms with Crippen LogP contribution in [0.4, 0.5) is 0 Å². The second-order valence-corrected chi connectivity index (χ2v) is 7.70. The molecule has 0 saturated heterocycles. The molecule has 2 aromatic rings. The molecular weight excluding hydrogens is 392 g/mol. The van der Waals surface area contributed by atoms with Crippen LogP contribution >= 0.6 is 0 Å². The first-order valence-electron chi connectivity index (χ1n) is 10.7. The third-order valence-electron chi connectivity index (χ3n) is 5.35. The lowest BCUT2D eigenvalue weighted by Gasteiger charge is -2.20. The highest BCUT2D eigenvalue weighted by Gasteiger charge is 2.30. The first-order valence-corrected chi connectivity index (χ1v) is 10.7. The summed E-state index contributed by atoms with van der Waals surface area (Å²) < 4.78 is 11.0. The summed E-state index contributed by atoms with van der Waals surface area (Å²) in [5.41, 5.74) is 15.6. The molecule has 0 radical (unpaired) electrons. The SMILES string of the molecule is NCCCC[C@H](N)C(=O)O[C@@H](CC1=CCc2ccccc21)C(=O)OCc1ccccc1. The summed E-state index contributed by atoms with van der Waals surface area (Å²) in [6.07, 6.45) is 4.05. The summed E-state index contributed by atoms with van der Waals surface area (Å²) in [7, 11) is 0. The molecule has 1 aliphatic carbocycles. The van der Waals surface area contributed by atoms with Crippen LogP contribution in [0.25, 0.3) is 5.57 Å². The standard InChI is InChI=1S/C25H30N2O4/c26-15-7-6-12-22(27)24(28)31-23(25(29)30-17-18-8-2-1-3-9-18)16-20-14-13-19-10-4-5-11-21(19)20/h1-5,8-11,14,22-23H,6-7,12-13,15-17,26-27H2/t22-,23-/m0/s1. The van der Waals surface area contributed by atoms with E-state index in [1.807, 2.05) is 48.5 Å². The molecule has 0 amide bonds. The van der Waals surface area contributed by atoms with E-state index in [0.717, 1.165) is 36.0 Å². The van der Waals surface area contributed by atoms with Crippen molar-refractivity contribution in [2.45, 2.75) is 50.9 Å². The molecule has 164 valence electrons. The second-order valence-electron chi connectivity index (χ2n) is 7.70. The number of benzene rings is 2. The molecule has 0 aliphatic heterocycles. The van der Waals surface area contributed by atoms with Gasteiger partial charge < -0.3 is 20.9 Å². The lowest BCUT2D eigenvalue weighted by Crippen LogP contribution is -2.38. The van der Waals surface area contributed by atoms with Gasteiger partial charge in [-0.05, 0) is 48.1 Å². The normalized spacial score (nSPS) is 14.3. The zero-order chi connectivity index (χ0) is 22.1. The van der Waals surface area contributed by atoms with Crippen molar-refractivity contribution in [1.82, 2.24) is 0 Å². The van der Waals surface area contributed by atoms with Crippen molar-refractivity contribution < 1.29 is 19.1 Å². The summed E-state index contributed by atoms with van der Waals surface area (Å²) in [6, 6.07) is 16.6. The van der Waals surface area contributed by atoms with Crippen LogP contribution in [0, 0.1) is 0 Å². The minimum atomic E-state index is -1.05. The monoisotopic (exact) mass is 422 g/mol. The van der Waals surface area contributed by atoms with Gasteiger partial charge >= 0.3 is 11.9 Å². The van der Waals surface area contributed by atoms with Gasteiger partial charge in [0, 0.05) is 6.42 Å². The Morgan fingerprint density at radius 3 is 2.48 bits per heavy atom. The quantitative estimate of drug-likeness (QED) is 0.426. The smallest absolute Gasteiger partial charge is 0.348 e. The van der Waals surface area contributed by atoms with Crippen molar-refractivity contribution in [3.8, 4) is 0 Å². The van der Waals surface area contributed by atoms with Crippen molar-refractivity contribution in [1.29, 1.82) is 0 Å². The van der Waals surface area contributed by atoms with Crippen molar-refractivity contribution in [2.24, 2.45) is 11.5 Å². The lowest BCUT2D eigenvalue weighted by atomic mass is 10.0. The number of esters is 2. The zero-order valence-corrected chi connectivity index (χ0v) is 17.7. The molecule has 2 atom stereocenters. The van der Waals surface area contributed by atoms with E-state index < -0.39 is 24.1 Å². The summed E-state index contributed by atoms with van der Waals surface area (Å²) in [6.45, 7) is 0.662. The number of fused-ring (bicyclic) bond motifs is 1. The number of unbranched alkanes of at least 4 members (excludes halogenated alkanes) is 1. The molecule has 2 aromatic carbocycles. The number of hydrogen-bond acceptors (Lipinski definition) is 6. The van der Waals surface area contributed by atoms with E-state index in [-0.39, 0.29) is 13.0 Å². The molecule has 0 spiro atoms. The Labute approximate surface area is 183 Å². The van der Waals surface area contributed by atoms with Crippen LogP contribution < -0.4 is 11.5 Å². The van der Waals surface area contributed by atoms with E-state index in [0.29, 0.717) is 13.0 Å². The summed E-state index contributed by atoms with van der Waals surface area (Å²) in [5, 5.41) is 0. The van der Waals surface area contributed by atoms with Gasteiger partial charge in [-0.25, -0.2) is 4.79 Å². The van der Waals surface area contributed by atoms with Crippen molar-refractivity contribution in [3.63, 3.8) is 0 Å². The lowest BCUT2D eigenvalue weighted by molar-refractivity contribution is -0.169. The Kier molecular flexibility index (Phi) is 8.38. The number of ether oxygens (including phenoxy) is 2. The highest BCUT2D eigenvalue weighted by atomic mass is 16.6. The molecule has 6 heteroatoms. The van der Waals surface area contributed by atoms with Gasteiger partial charge in [0.15, 0.2) is 0 Å². The fourth-order valence-electron chi connectivity index (χ4n) is 3.60. The zero-order valence-electron chi connectivity index (χ0n) is 17.7. The summed E-state index contributed by atoms with van der Waals surface area (Å²) in [5.74, 6) is -1.16. The van der Waals surface area contributed by atoms with Crippen LogP contribution in [-0.2, 0) is 32.1 Å². The van der Waals surface area contributed by atoms with Gasteiger partial charge in [0.05, 0.1) is 0 Å². The Bertz CT molecular complexity index is 911. The molecule has 31 heavy (non-hydrogen) atoms. The molecule has 1 aliphatic rings. The minimum Gasteiger partial charge on any atom is -0.458 e. The van der Waals surface area contributed by atoms with Crippen LogP contribution in [0.15, 0.2) is 60.7 Å². The highest BCUT2D eigenvalue weighted by molar-refractivity contribution is 5.84. The molecular formula is C25H30N2O4. The van der Waals surface area contributed by atoms with Gasteiger partial charge in [-0.1, -0.05) is 67.1 Å². The molecule has 6 nitrogen and oxygen atoms in total. The maximum Gasteiger partial charge on any atom is 0.348 e. The van der Waals surface area contributed by atoms with Gasteiger partial charge in [-0.2, -0.15) is 0 Å². The van der Waals surface area contributed by atoms with Crippen LogP contribution in [0.3, 0.4) is 0 Å². The van der Waals surface area contributed by atoms with E-state index >= 15 is 0 Å². The fourth-order valence-corrected chi connectivity index (χ4v) is 3.60. The predicted molar refractivity (Wildman–Crippen MR) is 120 cm³/mol. The summed E-state index contributed by atoms with van der Waals surface area (Å²) >= 11 is 0. The average molecular weight is 423 g/mol.